The lowest BCUT2D eigenvalue weighted by molar-refractivity contribution is 0.0692. The third-order valence-corrected chi connectivity index (χ3v) is 5.43. The summed E-state index contributed by atoms with van der Waals surface area (Å²) in [5.41, 5.74) is 0.650. The summed E-state index contributed by atoms with van der Waals surface area (Å²) in [6.07, 6.45) is 0. The van der Waals surface area contributed by atoms with Crippen LogP contribution in [-0.4, -0.2) is 37.1 Å². The number of ether oxygens (including phenoxy) is 1. The second-order valence-electron chi connectivity index (χ2n) is 4.67. The topological polar surface area (TPSA) is 80.7 Å². The predicted octanol–water partition coefficient (Wildman–Crippen LogP) is 2.66. The molecule has 0 saturated heterocycles. The molecule has 0 saturated carbocycles. The van der Waals surface area contributed by atoms with Crippen LogP contribution in [0.3, 0.4) is 0 Å². The van der Waals surface area contributed by atoms with Gasteiger partial charge >= 0.3 is 5.97 Å². The molecule has 1 rings (SSSR count). The van der Waals surface area contributed by atoms with E-state index in [-0.39, 0.29) is 23.7 Å². The number of rotatable bonds is 6. The summed E-state index contributed by atoms with van der Waals surface area (Å²) in [4.78, 5) is 11.2. The molecule has 0 amide bonds. The number of carboxylic acid groups (broad SMARTS) is 1. The minimum atomic E-state index is -3.20. The number of carbonyl (C=O) groups is 1. The van der Waals surface area contributed by atoms with Crippen LogP contribution < -0.4 is 4.74 Å². The van der Waals surface area contributed by atoms with Gasteiger partial charge in [-0.2, -0.15) is 0 Å². The lowest BCUT2D eigenvalue weighted by atomic mass is 10.1. The zero-order valence-electron chi connectivity index (χ0n) is 11.5. The third-order valence-electron chi connectivity index (χ3n) is 2.80. The highest BCUT2D eigenvalue weighted by Gasteiger charge is 2.19. The van der Waals surface area contributed by atoms with Crippen LogP contribution >= 0.6 is 15.9 Å². The Labute approximate surface area is 127 Å². The third kappa shape index (κ3) is 4.21. The first kappa shape index (κ1) is 17.0. The smallest absolute Gasteiger partial charge is 0.339 e. The zero-order valence-corrected chi connectivity index (χ0v) is 13.9. The van der Waals surface area contributed by atoms with Crippen LogP contribution in [0, 0.1) is 6.92 Å². The molecule has 0 aliphatic rings. The van der Waals surface area contributed by atoms with Crippen molar-refractivity contribution in [3.63, 3.8) is 0 Å². The Balaban J connectivity index is 2.91. The standard InChI is InChI=1S/C13H17BrO5S/c1-8(2)20(17,18)5-4-19-12-9(3)6-10(14)7-11(12)13(15)16/h6-8H,4-5H2,1-3H3,(H,15,16). The van der Waals surface area contributed by atoms with Crippen LogP contribution in [-0.2, 0) is 9.84 Å². The maximum atomic E-state index is 11.7. The second-order valence-corrected chi connectivity index (χ2v) is 8.26. The molecule has 5 nitrogen and oxygen atoms in total. The van der Waals surface area contributed by atoms with Crippen molar-refractivity contribution in [2.75, 3.05) is 12.4 Å². The van der Waals surface area contributed by atoms with Gasteiger partial charge in [-0.05, 0) is 38.5 Å². The van der Waals surface area contributed by atoms with Crippen LogP contribution in [0.1, 0.15) is 29.8 Å². The normalized spacial score (nSPS) is 11.7. The molecule has 0 atom stereocenters. The lowest BCUT2D eigenvalue weighted by Crippen LogP contribution is -2.22. The second kappa shape index (κ2) is 6.58. The highest BCUT2D eigenvalue weighted by molar-refractivity contribution is 9.10. The molecule has 1 aromatic carbocycles. The van der Waals surface area contributed by atoms with E-state index in [0.717, 1.165) is 0 Å². The first-order valence-electron chi connectivity index (χ1n) is 6.03. The maximum absolute atomic E-state index is 11.7. The largest absolute Gasteiger partial charge is 0.491 e. The molecule has 0 aliphatic carbocycles. The summed E-state index contributed by atoms with van der Waals surface area (Å²) < 4.78 is 29.4. The van der Waals surface area contributed by atoms with E-state index >= 15 is 0 Å². The fourth-order valence-corrected chi connectivity index (χ4v) is 2.94. The molecule has 112 valence electrons. The number of aryl methyl sites for hydroxylation is 1. The Morgan fingerprint density at radius 1 is 1.40 bits per heavy atom. The van der Waals surface area contributed by atoms with Gasteiger partial charge in [0.25, 0.3) is 0 Å². The van der Waals surface area contributed by atoms with Crippen molar-refractivity contribution in [1.29, 1.82) is 0 Å². The summed E-state index contributed by atoms with van der Waals surface area (Å²) in [6.45, 7) is 4.85. The average molecular weight is 365 g/mol. The van der Waals surface area contributed by atoms with Crippen molar-refractivity contribution >= 4 is 31.7 Å². The van der Waals surface area contributed by atoms with Gasteiger partial charge in [0.1, 0.15) is 17.9 Å². The summed E-state index contributed by atoms with van der Waals surface area (Å²) in [7, 11) is -3.20. The number of halogens is 1. The van der Waals surface area contributed by atoms with Crippen molar-refractivity contribution in [3.05, 3.63) is 27.7 Å². The van der Waals surface area contributed by atoms with Gasteiger partial charge in [-0.25, -0.2) is 13.2 Å². The molecule has 1 aromatic rings. The Hall–Kier alpha value is -1.08. The van der Waals surface area contributed by atoms with E-state index in [2.05, 4.69) is 15.9 Å². The molecule has 0 fully saturated rings. The minimum Gasteiger partial charge on any atom is -0.491 e. The maximum Gasteiger partial charge on any atom is 0.339 e. The van der Waals surface area contributed by atoms with Crippen molar-refractivity contribution in [2.24, 2.45) is 0 Å². The molecule has 7 heteroatoms. The number of hydrogen-bond donors (Lipinski definition) is 1. The Bertz CT molecular complexity index is 607. The van der Waals surface area contributed by atoms with E-state index in [1.165, 1.54) is 6.07 Å². The van der Waals surface area contributed by atoms with Crippen LogP contribution in [0.2, 0.25) is 0 Å². The monoisotopic (exact) mass is 364 g/mol. The van der Waals surface area contributed by atoms with Crippen LogP contribution in [0.4, 0.5) is 0 Å². The number of sulfone groups is 1. The van der Waals surface area contributed by atoms with E-state index < -0.39 is 21.1 Å². The summed E-state index contributed by atoms with van der Waals surface area (Å²) in [6, 6.07) is 3.15. The molecule has 0 aromatic heterocycles. The van der Waals surface area contributed by atoms with Gasteiger partial charge in [-0.1, -0.05) is 15.9 Å². The molecule has 20 heavy (non-hydrogen) atoms. The Morgan fingerprint density at radius 2 is 2.00 bits per heavy atom. The quantitative estimate of drug-likeness (QED) is 0.838. The van der Waals surface area contributed by atoms with Gasteiger partial charge in [0.15, 0.2) is 9.84 Å². The molecule has 0 aliphatic heterocycles. The van der Waals surface area contributed by atoms with Crippen molar-refractivity contribution in [2.45, 2.75) is 26.0 Å². The fourth-order valence-electron chi connectivity index (χ4n) is 1.58. The molecule has 0 bridgehead atoms. The Kier molecular flexibility index (Phi) is 5.59. The van der Waals surface area contributed by atoms with E-state index in [0.29, 0.717) is 10.0 Å². The van der Waals surface area contributed by atoms with Gasteiger partial charge in [0.2, 0.25) is 0 Å². The highest BCUT2D eigenvalue weighted by Crippen LogP contribution is 2.28. The average Bonchev–Trinajstić information content (AvgIpc) is 2.30. The molecule has 0 spiro atoms. The summed E-state index contributed by atoms with van der Waals surface area (Å²) >= 11 is 3.22. The first-order valence-corrected chi connectivity index (χ1v) is 8.54. The molecular formula is C13H17BrO5S. The van der Waals surface area contributed by atoms with E-state index in [1.54, 1.807) is 26.8 Å². The molecular weight excluding hydrogens is 348 g/mol. The number of benzene rings is 1. The van der Waals surface area contributed by atoms with Gasteiger partial charge in [-0.15, -0.1) is 0 Å². The van der Waals surface area contributed by atoms with E-state index in [9.17, 15) is 13.2 Å². The van der Waals surface area contributed by atoms with Crippen molar-refractivity contribution in [3.8, 4) is 5.75 Å². The predicted molar refractivity (Wildman–Crippen MR) is 80.3 cm³/mol. The Morgan fingerprint density at radius 3 is 2.50 bits per heavy atom. The van der Waals surface area contributed by atoms with Crippen molar-refractivity contribution in [1.82, 2.24) is 0 Å². The highest BCUT2D eigenvalue weighted by atomic mass is 79.9. The summed E-state index contributed by atoms with van der Waals surface area (Å²) in [5.74, 6) is -1.05. The van der Waals surface area contributed by atoms with Crippen LogP contribution in [0.15, 0.2) is 16.6 Å². The lowest BCUT2D eigenvalue weighted by Gasteiger charge is -2.13. The van der Waals surface area contributed by atoms with Gasteiger partial charge < -0.3 is 9.84 Å². The fraction of sp³-hybridized carbons (Fsp3) is 0.462. The van der Waals surface area contributed by atoms with E-state index in [4.69, 9.17) is 9.84 Å². The molecule has 0 unspecified atom stereocenters. The number of carboxylic acids is 1. The van der Waals surface area contributed by atoms with Crippen LogP contribution in [0.5, 0.6) is 5.75 Å². The molecule has 0 heterocycles. The van der Waals surface area contributed by atoms with E-state index in [1.807, 2.05) is 0 Å². The number of aromatic carboxylic acids is 1. The zero-order chi connectivity index (χ0) is 15.5. The van der Waals surface area contributed by atoms with Gasteiger partial charge in [0, 0.05) is 4.47 Å². The SMILES string of the molecule is Cc1cc(Br)cc(C(=O)O)c1OCCS(=O)(=O)C(C)C. The van der Waals surface area contributed by atoms with Gasteiger partial charge in [0.05, 0.1) is 11.0 Å². The van der Waals surface area contributed by atoms with Crippen LogP contribution in [0.25, 0.3) is 0 Å². The molecule has 0 radical (unpaired) electrons. The molecule has 1 N–H and O–H groups in total. The van der Waals surface area contributed by atoms with Crippen molar-refractivity contribution < 1.29 is 23.1 Å². The first-order chi connectivity index (χ1) is 9.15. The minimum absolute atomic E-state index is 0.0128. The summed E-state index contributed by atoms with van der Waals surface area (Å²) in [5, 5.41) is 8.67. The van der Waals surface area contributed by atoms with Gasteiger partial charge in [-0.3, -0.25) is 0 Å². The number of hydrogen-bond acceptors (Lipinski definition) is 4.